The quantitative estimate of drug-likeness (QED) is 0.519. The summed E-state index contributed by atoms with van der Waals surface area (Å²) in [5.74, 6) is -0.336. The van der Waals surface area contributed by atoms with E-state index in [9.17, 15) is 14.4 Å². The van der Waals surface area contributed by atoms with Gasteiger partial charge in [0.1, 0.15) is 11.8 Å². The monoisotopic (exact) mass is 442 g/mol. The van der Waals surface area contributed by atoms with E-state index >= 15 is 0 Å². The topological polar surface area (TPSA) is 66.9 Å². The average molecular weight is 443 g/mol. The molecule has 0 aliphatic carbocycles. The number of hydrogen-bond acceptors (Lipinski definition) is 4. The van der Waals surface area contributed by atoms with Crippen LogP contribution in [0.1, 0.15) is 27.9 Å². The summed E-state index contributed by atoms with van der Waals surface area (Å²) >= 11 is 0. The largest absolute Gasteiger partial charge is 0.497 e. The van der Waals surface area contributed by atoms with Gasteiger partial charge in [0, 0.05) is 12.1 Å². The third-order valence-corrected chi connectivity index (χ3v) is 5.87. The molecular formula is C27H26N2O4. The van der Waals surface area contributed by atoms with Gasteiger partial charge in [0.05, 0.1) is 19.2 Å². The zero-order chi connectivity index (χ0) is 23.4. The van der Waals surface area contributed by atoms with Crippen LogP contribution in [0.3, 0.4) is 0 Å². The van der Waals surface area contributed by atoms with Gasteiger partial charge in [-0.2, -0.15) is 0 Å². The number of benzene rings is 3. The Balaban J connectivity index is 1.62. The highest BCUT2D eigenvalue weighted by Gasteiger charge is 2.44. The van der Waals surface area contributed by atoms with Gasteiger partial charge in [0.15, 0.2) is 0 Å². The Morgan fingerprint density at radius 1 is 0.970 bits per heavy atom. The van der Waals surface area contributed by atoms with Crippen LogP contribution in [0, 0.1) is 6.92 Å². The van der Waals surface area contributed by atoms with Crippen molar-refractivity contribution in [1.82, 2.24) is 4.90 Å². The second kappa shape index (κ2) is 9.69. The minimum absolute atomic E-state index is 0.0444. The Labute approximate surface area is 193 Å². The first kappa shape index (κ1) is 22.3. The molecule has 1 heterocycles. The smallest absolute Gasteiger partial charge is 0.257 e. The molecule has 1 unspecified atom stereocenters. The molecule has 3 aromatic carbocycles. The first-order chi connectivity index (χ1) is 16.0. The number of amides is 3. The Morgan fingerprint density at radius 2 is 1.64 bits per heavy atom. The molecule has 1 aliphatic heterocycles. The molecule has 168 valence electrons. The van der Waals surface area contributed by atoms with Crippen molar-refractivity contribution >= 4 is 23.4 Å². The maximum Gasteiger partial charge on any atom is 0.257 e. The van der Waals surface area contributed by atoms with Gasteiger partial charge in [-0.1, -0.05) is 48.0 Å². The lowest BCUT2D eigenvalue weighted by Crippen LogP contribution is -2.46. The van der Waals surface area contributed by atoms with Crippen LogP contribution in [0.5, 0.6) is 5.75 Å². The third kappa shape index (κ3) is 4.80. The summed E-state index contributed by atoms with van der Waals surface area (Å²) in [6, 6.07) is 22.9. The van der Waals surface area contributed by atoms with Crippen molar-refractivity contribution in [3.63, 3.8) is 0 Å². The molecule has 1 saturated heterocycles. The van der Waals surface area contributed by atoms with E-state index in [4.69, 9.17) is 4.74 Å². The van der Waals surface area contributed by atoms with Gasteiger partial charge in [0.25, 0.3) is 11.8 Å². The highest BCUT2D eigenvalue weighted by atomic mass is 16.5. The Morgan fingerprint density at radius 3 is 2.27 bits per heavy atom. The number of anilines is 1. The molecule has 1 atom stereocenters. The van der Waals surface area contributed by atoms with Crippen molar-refractivity contribution in [3.8, 4) is 5.75 Å². The van der Waals surface area contributed by atoms with E-state index in [1.807, 2.05) is 49.4 Å². The molecule has 0 N–H and O–H groups in total. The summed E-state index contributed by atoms with van der Waals surface area (Å²) < 4.78 is 5.17. The molecule has 0 aromatic heterocycles. The van der Waals surface area contributed by atoms with Gasteiger partial charge < -0.3 is 9.64 Å². The predicted octanol–water partition coefficient (Wildman–Crippen LogP) is 4.02. The Bertz CT molecular complexity index is 1140. The van der Waals surface area contributed by atoms with E-state index in [1.165, 1.54) is 4.90 Å². The molecule has 0 radical (unpaired) electrons. The summed E-state index contributed by atoms with van der Waals surface area (Å²) in [4.78, 5) is 42.4. The van der Waals surface area contributed by atoms with Crippen molar-refractivity contribution in [2.45, 2.75) is 25.8 Å². The number of carbonyl (C=O) groups excluding carboxylic acids is 3. The van der Waals surface area contributed by atoms with Crippen LogP contribution >= 0.6 is 0 Å². The van der Waals surface area contributed by atoms with E-state index in [0.29, 0.717) is 30.0 Å². The molecule has 33 heavy (non-hydrogen) atoms. The summed E-state index contributed by atoms with van der Waals surface area (Å²) in [5.41, 5.74) is 3.07. The molecular weight excluding hydrogens is 416 g/mol. The van der Waals surface area contributed by atoms with E-state index in [2.05, 4.69) is 0 Å². The van der Waals surface area contributed by atoms with Crippen LogP contribution in [0.15, 0.2) is 78.9 Å². The van der Waals surface area contributed by atoms with Crippen molar-refractivity contribution in [1.29, 1.82) is 0 Å². The minimum atomic E-state index is -0.850. The van der Waals surface area contributed by atoms with E-state index in [0.717, 1.165) is 11.1 Å². The number of rotatable bonds is 7. The van der Waals surface area contributed by atoms with Crippen LogP contribution < -0.4 is 9.64 Å². The molecule has 3 aromatic rings. The SMILES string of the molecule is COc1ccc(N2C(=O)CC(N(CCc3ccccc3)C(=O)c3ccc(C)cc3)C2=O)cc1. The molecule has 3 amide bonds. The molecule has 1 fully saturated rings. The van der Waals surface area contributed by atoms with E-state index in [1.54, 1.807) is 48.4 Å². The normalized spacial score (nSPS) is 15.6. The number of ether oxygens (including phenoxy) is 1. The number of hydrogen-bond donors (Lipinski definition) is 0. The van der Waals surface area contributed by atoms with Crippen molar-refractivity contribution in [3.05, 3.63) is 95.6 Å². The lowest BCUT2D eigenvalue weighted by atomic mass is 10.1. The van der Waals surface area contributed by atoms with Gasteiger partial charge in [-0.3, -0.25) is 14.4 Å². The number of aryl methyl sites for hydroxylation is 1. The Kier molecular flexibility index (Phi) is 6.54. The van der Waals surface area contributed by atoms with Gasteiger partial charge in [-0.15, -0.1) is 0 Å². The van der Waals surface area contributed by atoms with Gasteiger partial charge in [0.2, 0.25) is 5.91 Å². The maximum absolute atomic E-state index is 13.5. The Hall–Kier alpha value is -3.93. The zero-order valence-corrected chi connectivity index (χ0v) is 18.7. The zero-order valence-electron chi connectivity index (χ0n) is 18.7. The minimum Gasteiger partial charge on any atom is -0.497 e. The lowest BCUT2D eigenvalue weighted by Gasteiger charge is -2.28. The summed E-state index contributed by atoms with van der Waals surface area (Å²) in [6.07, 6.45) is 0.538. The van der Waals surface area contributed by atoms with Crippen LogP contribution in [0.2, 0.25) is 0 Å². The van der Waals surface area contributed by atoms with Crippen LogP contribution in [0.4, 0.5) is 5.69 Å². The second-order valence-electron chi connectivity index (χ2n) is 8.09. The van der Waals surface area contributed by atoms with E-state index < -0.39 is 11.9 Å². The van der Waals surface area contributed by atoms with Crippen molar-refractivity contribution < 1.29 is 19.1 Å². The summed E-state index contributed by atoms with van der Waals surface area (Å²) in [6.45, 7) is 2.28. The van der Waals surface area contributed by atoms with Gasteiger partial charge >= 0.3 is 0 Å². The number of imide groups is 1. The lowest BCUT2D eigenvalue weighted by molar-refractivity contribution is -0.122. The first-order valence-electron chi connectivity index (χ1n) is 10.9. The summed E-state index contributed by atoms with van der Waals surface area (Å²) in [7, 11) is 1.55. The second-order valence-corrected chi connectivity index (χ2v) is 8.09. The molecule has 0 bridgehead atoms. The average Bonchev–Trinajstić information content (AvgIpc) is 3.13. The molecule has 4 rings (SSSR count). The number of methoxy groups -OCH3 is 1. The predicted molar refractivity (Wildman–Crippen MR) is 126 cm³/mol. The fraction of sp³-hybridized carbons (Fsp3) is 0.222. The molecule has 0 spiro atoms. The highest BCUT2D eigenvalue weighted by molar-refractivity contribution is 6.23. The van der Waals surface area contributed by atoms with Gasteiger partial charge in [-0.25, -0.2) is 4.90 Å². The first-order valence-corrected chi connectivity index (χ1v) is 10.9. The van der Waals surface area contributed by atoms with Crippen LogP contribution in [-0.4, -0.2) is 42.3 Å². The van der Waals surface area contributed by atoms with Crippen LogP contribution in [-0.2, 0) is 16.0 Å². The molecule has 0 saturated carbocycles. The molecule has 6 nitrogen and oxygen atoms in total. The summed E-state index contributed by atoms with van der Waals surface area (Å²) in [5, 5.41) is 0. The molecule has 1 aliphatic rings. The highest BCUT2D eigenvalue weighted by Crippen LogP contribution is 2.28. The fourth-order valence-corrected chi connectivity index (χ4v) is 4.02. The van der Waals surface area contributed by atoms with Crippen molar-refractivity contribution in [2.75, 3.05) is 18.6 Å². The van der Waals surface area contributed by atoms with Crippen LogP contribution in [0.25, 0.3) is 0 Å². The molecule has 6 heteroatoms. The van der Waals surface area contributed by atoms with Gasteiger partial charge in [-0.05, 0) is 55.3 Å². The number of nitrogens with zero attached hydrogens (tertiary/aromatic N) is 2. The third-order valence-electron chi connectivity index (χ3n) is 5.87. The van der Waals surface area contributed by atoms with E-state index in [-0.39, 0.29) is 18.2 Å². The standard InChI is InChI=1S/C27H26N2O4/c1-19-8-10-21(11-9-19)26(31)28(17-16-20-6-4-3-5-7-20)24-18-25(30)29(27(24)32)22-12-14-23(33-2)15-13-22/h3-15,24H,16-18H2,1-2H3. The fourth-order valence-electron chi connectivity index (χ4n) is 4.02. The maximum atomic E-state index is 13.5. The number of carbonyl (C=O) groups is 3. The van der Waals surface area contributed by atoms with Crippen molar-refractivity contribution in [2.24, 2.45) is 0 Å².